The number of amides is 1. The minimum absolute atomic E-state index is 0.208. The maximum absolute atomic E-state index is 12.9. The number of carbonyl (C=O) groups is 1. The molecule has 0 saturated heterocycles. The zero-order valence-electron chi connectivity index (χ0n) is 8.98. The number of pyridine rings is 1. The van der Waals surface area contributed by atoms with Gasteiger partial charge in [0.2, 0.25) is 0 Å². The van der Waals surface area contributed by atoms with E-state index in [1.54, 1.807) is 0 Å². The number of nitriles is 1. The van der Waals surface area contributed by atoms with Gasteiger partial charge in [0, 0.05) is 19.3 Å². The van der Waals surface area contributed by atoms with E-state index < -0.39 is 5.82 Å². The third kappa shape index (κ3) is 3.02. The van der Waals surface area contributed by atoms with Gasteiger partial charge in [0.1, 0.15) is 5.82 Å². The van der Waals surface area contributed by atoms with Crippen LogP contribution in [0.2, 0.25) is 0 Å². The molecule has 0 radical (unpaired) electrons. The van der Waals surface area contributed by atoms with Gasteiger partial charge in [-0.05, 0) is 13.0 Å². The van der Waals surface area contributed by atoms with Gasteiger partial charge in [-0.25, -0.2) is 4.39 Å². The lowest BCUT2D eigenvalue weighted by Gasteiger charge is -2.19. The van der Waals surface area contributed by atoms with Crippen LogP contribution in [0.25, 0.3) is 0 Å². The summed E-state index contributed by atoms with van der Waals surface area (Å²) >= 11 is 0. The predicted octanol–water partition coefficient (Wildman–Crippen LogP) is 1.60. The maximum Gasteiger partial charge on any atom is 0.255 e. The third-order valence-corrected chi connectivity index (χ3v) is 2.11. The molecular weight excluding hydrogens is 209 g/mol. The van der Waals surface area contributed by atoms with Gasteiger partial charge in [0.15, 0.2) is 0 Å². The summed E-state index contributed by atoms with van der Waals surface area (Å²) in [5, 5.41) is 8.45. The van der Waals surface area contributed by atoms with Gasteiger partial charge in [0.25, 0.3) is 5.91 Å². The van der Waals surface area contributed by atoms with Crippen LogP contribution in [0, 0.1) is 17.1 Å². The molecule has 1 rings (SSSR count). The highest BCUT2D eigenvalue weighted by Crippen LogP contribution is 2.06. The molecule has 1 heterocycles. The van der Waals surface area contributed by atoms with E-state index in [0.717, 1.165) is 12.3 Å². The first kappa shape index (κ1) is 12.1. The Morgan fingerprint density at radius 2 is 2.38 bits per heavy atom. The highest BCUT2D eigenvalue weighted by molar-refractivity contribution is 5.93. The molecule has 16 heavy (non-hydrogen) atoms. The molecule has 0 atom stereocenters. The summed E-state index contributed by atoms with van der Waals surface area (Å²) < 4.78 is 12.9. The van der Waals surface area contributed by atoms with E-state index >= 15 is 0 Å². The van der Waals surface area contributed by atoms with E-state index in [2.05, 4.69) is 4.98 Å². The van der Waals surface area contributed by atoms with Crippen molar-refractivity contribution in [2.24, 2.45) is 0 Å². The van der Waals surface area contributed by atoms with Crippen LogP contribution in [-0.2, 0) is 0 Å². The van der Waals surface area contributed by atoms with E-state index in [9.17, 15) is 9.18 Å². The second-order valence-corrected chi connectivity index (χ2v) is 3.18. The summed E-state index contributed by atoms with van der Waals surface area (Å²) in [7, 11) is 0. The molecule has 84 valence electrons. The summed E-state index contributed by atoms with van der Waals surface area (Å²) in [6.07, 6.45) is 2.63. The molecule has 1 amide bonds. The van der Waals surface area contributed by atoms with Gasteiger partial charge in [-0.1, -0.05) is 0 Å². The lowest BCUT2D eigenvalue weighted by molar-refractivity contribution is 0.0767. The lowest BCUT2D eigenvalue weighted by atomic mass is 10.2. The molecule has 0 fully saturated rings. The first-order chi connectivity index (χ1) is 7.69. The maximum atomic E-state index is 12.9. The fraction of sp³-hybridized carbons (Fsp3) is 0.364. The SMILES string of the molecule is CCN(CCC#N)C(=O)c1cncc(F)c1. The second kappa shape index (κ2) is 5.81. The van der Waals surface area contributed by atoms with Gasteiger partial charge >= 0.3 is 0 Å². The van der Waals surface area contributed by atoms with Crippen LogP contribution in [0.3, 0.4) is 0 Å². The van der Waals surface area contributed by atoms with Crippen molar-refractivity contribution in [3.63, 3.8) is 0 Å². The summed E-state index contributed by atoms with van der Waals surface area (Å²) in [6.45, 7) is 2.64. The molecule has 1 aromatic rings. The fourth-order valence-electron chi connectivity index (χ4n) is 1.30. The van der Waals surface area contributed by atoms with Crippen LogP contribution in [-0.4, -0.2) is 28.9 Å². The average Bonchev–Trinajstić information content (AvgIpc) is 2.29. The molecule has 0 bridgehead atoms. The molecule has 0 aliphatic carbocycles. The fourth-order valence-corrected chi connectivity index (χ4v) is 1.30. The summed E-state index contributed by atoms with van der Waals surface area (Å²) in [6, 6.07) is 3.11. The molecule has 1 aromatic heterocycles. The highest BCUT2D eigenvalue weighted by atomic mass is 19.1. The molecule has 0 N–H and O–H groups in total. The number of aromatic nitrogens is 1. The second-order valence-electron chi connectivity index (χ2n) is 3.18. The Hall–Kier alpha value is -1.96. The number of hydrogen-bond acceptors (Lipinski definition) is 3. The minimum Gasteiger partial charge on any atom is -0.338 e. The van der Waals surface area contributed by atoms with Crippen LogP contribution < -0.4 is 0 Å². The van der Waals surface area contributed by atoms with Crippen molar-refractivity contribution in [1.82, 2.24) is 9.88 Å². The predicted molar refractivity (Wildman–Crippen MR) is 56.0 cm³/mol. The molecular formula is C11H12FN3O. The van der Waals surface area contributed by atoms with E-state index in [0.29, 0.717) is 13.1 Å². The summed E-state index contributed by atoms with van der Waals surface area (Å²) in [5.41, 5.74) is 0.208. The molecule has 0 aromatic carbocycles. The number of nitrogens with zero attached hydrogens (tertiary/aromatic N) is 3. The lowest BCUT2D eigenvalue weighted by Crippen LogP contribution is -2.31. The van der Waals surface area contributed by atoms with Crippen molar-refractivity contribution < 1.29 is 9.18 Å². The van der Waals surface area contributed by atoms with Crippen molar-refractivity contribution in [3.05, 3.63) is 29.8 Å². The Kier molecular flexibility index (Phi) is 4.40. The smallest absolute Gasteiger partial charge is 0.255 e. The van der Waals surface area contributed by atoms with Crippen molar-refractivity contribution in [1.29, 1.82) is 5.26 Å². The van der Waals surface area contributed by atoms with Crippen LogP contribution in [0.1, 0.15) is 23.7 Å². The average molecular weight is 221 g/mol. The molecule has 0 aliphatic rings. The number of carbonyl (C=O) groups excluding carboxylic acids is 1. The monoisotopic (exact) mass is 221 g/mol. The summed E-state index contributed by atoms with van der Waals surface area (Å²) in [4.78, 5) is 16.9. The van der Waals surface area contributed by atoms with Crippen LogP contribution in [0.4, 0.5) is 4.39 Å². The number of hydrogen-bond donors (Lipinski definition) is 0. The van der Waals surface area contributed by atoms with Crippen molar-refractivity contribution in [2.45, 2.75) is 13.3 Å². The van der Waals surface area contributed by atoms with Gasteiger partial charge in [-0.15, -0.1) is 0 Å². The van der Waals surface area contributed by atoms with Crippen molar-refractivity contribution in [2.75, 3.05) is 13.1 Å². The van der Waals surface area contributed by atoms with Gasteiger partial charge in [-0.2, -0.15) is 5.26 Å². The topological polar surface area (TPSA) is 57.0 Å². The van der Waals surface area contributed by atoms with Gasteiger partial charge < -0.3 is 4.90 Å². The Balaban J connectivity index is 2.79. The molecule has 0 saturated carbocycles. The molecule has 0 unspecified atom stereocenters. The minimum atomic E-state index is -0.540. The van der Waals surface area contributed by atoms with E-state index in [1.807, 2.05) is 13.0 Å². The Morgan fingerprint density at radius 1 is 1.62 bits per heavy atom. The zero-order chi connectivity index (χ0) is 12.0. The highest BCUT2D eigenvalue weighted by Gasteiger charge is 2.14. The van der Waals surface area contributed by atoms with Crippen LogP contribution in [0.15, 0.2) is 18.5 Å². The normalized spacial score (nSPS) is 9.56. The first-order valence-corrected chi connectivity index (χ1v) is 4.95. The van der Waals surface area contributed by atoms with E-state index in [4.69, 9.17) is 5.26 Å². The van der Waals surface area contributed by atoms with E-state index in [-0.39, 0.29) is 17.9 Å². The van der Waals surface area contributed by atoms with E-state index in [1.165, 1.54) is 11.1 Å². The molecule has 5 heteroatoms. The molecule has 0 spiro atoms. The summed E-state index contributed by atoms with van der Waals surface area (Å²) in [5.74, 6) is -0.841. The van der Waals surface area contributed by atoms with Crippen LogP contribution in [0.5, 0.6) is 0 Å². The Morgan fingerprint density at radius 3 is 2.94 bits per heavy atom. The molecule has 4 nitrogen and oxygen atoms in total. The van der Waals surface area contributed by atoms with Gasteiger partial charge in [-0.3, -0.25) is 9.78 Å². The zero-order valence-corrected chi connectivity index (χ0v) is 8.98. The van der Waals surface area contributed by atoms with Crippen LogP contribution >= 0.6 is 0 Å². The Bertz CT molecular complexity index is 414. The third-order valence-electron chi connectivity index (χ3n) is 2.11. The Labute approximate surface area is 93.3 Å². The number of halogens is 1. The van der Waals surface area contributed by atoms with Crippen molar-refractivity contribution in [3.8, 4) is 6.07 Å². The van der Waals surface area contributed by atoms with Gasteiger partial charge in [0.05, 0.1) is 24.3 Å². The molecule has 0 aliphatic heterocycles. The quantitative estimate of drug-likeness (QED) is 0.775. The largest absolute Gasteiger partial charge is 0.338 e. The first-order valence-electron chi connectivity index (χ1n) is 4.95. The number of rotatable bonds is 4. The standard InChI is InChI=1S/C11H12FN3O/c1-2-15(5-3-4-13)11(16)9-6-10(12)8-14-7-9/h6-8H,2-3,5H2,1H3. The van der Waals surface area contributed by atoms with Crippen molar-refractivity contribution >= 4 is 5.91 Å².